The van der Waals surface area contributed by atoms with E-state index in [0.717, 1.165) is 12.8 Å². The first-order chi connectivity index (χ1) is 9.06. The van der Waals surface area contributed by atoms with Crippen molar-refractivity contribution in [1.29, 1.82) is 0 Å². The molecule has 1 aliphatic rings. The zero-order valence-electron chi connectivity index (χ0n) is 11.0. The molecule has 102 valence electrons. The van der Waals surface area contributed by atoms with Crippen LogP contribution >= 0.6 is 0 Å². The van der Waals surface area contributed by atoms with E-state index in [9.17, 15) is 14.9 Å². The summed E-state index contributed by atoms with van der Waals surface area (Å²) in [5, 5.41) is 13.5. The highest BCUT2D eigenvalue weighted by molar-refractivity contribution is 5.91. The summed E-state index contributed by atoms with van der Waals surface area (Å²) in [6.45, 7) is 1.76. The zero-order valence-corrected chi connectivity index (χ0v) is 11.0. The van der Waals surface area contributed by atoms with Gasteiger partial charge < -0.3 is 5.32 Å². The first-order valence-corrected chi connectivity index (χ1v) is 6.61. The second kappa shape index (κ2) is 5.82. The molecule has 0 aromatic heterocycles. The number of hydrogen-bond donors (Lipinski definition) is 1. The summed E-state index contributed by atoms with van der Waals surface area (Å²) in [6, 6.07) is 4.49. The van der Waals surface area contributed by atoms with E-state index in [2.05, 4.69) is 5.32 Å². The topological polar surface area (TPSA) is 72.2 Å². The largest absolute Gasteiger partial charge is 0.326 e. The van der Waals surface area contributed by atoms with Crippen molar-refractivity contribution in [3.8, 4) is 0 Å². The van der Waals surface area contributed by atoms with Gasteiger partial charge in [-0.1, -0.05) is 12.8 Å². The van der Waals surface area contributed by atoms with Gasteiger partial charge in [-0.25, -0.2) is 0 Å². The van der Waals surface area contributed by atoms with Gasteiger partial charge in [0, 0.05) is 24.2 Å². The number of anilines is 1. The van der Waals surface area contributed by atoms with E-state index >= 15 is 0 Å². The maximum atomic E-state index is 11.9. The molecule has 0 aliphatic heterocycles. The summed E-state index contributed by atoms with van der Waals surface area (Å²) in [4.78, 5) is 22.1. The van der Waals surface area contributed by atoms with Crippen LogP contribution in [0.15, 0.2) is 18.2 Å². The molecule has 2 rings (SSSR count). The summed E-state index contributed by atoms with van der Waals surface area (Å²) in [5.41, 5.74) is 1.42. The van der Waals surface area contributed by atoms with Crippen molar-refractivity contribution in [3.05, 3.63) is 33.9 Å². The molecule has 0 atom stereocenters. The summed E-state index contributed by atoms with van der Waals surface area (Å²) < 4.78 is 0. The van der Waals surface area contributed by atoms with E-state index in [4.69, 9.17) is 0 Å². The van der Waals surface area contributed by atoms with Gasteiger partial charge in [-0.15, -0.1) is 0 Å². The second-order valence-corrected chi connectivity index (χ2v) is 5.16. The minimum atomic E-state index is -0.433. The molecule has 0 radical (unpaired) electrons. The Balaban J connectivity index is 1.98. The highest BCUT2D eigenvalue weighted by Crippen LogP contribution is 2.28. The van der Waals surface area contributed by atoms with Crippen LogP contribution in [0.5, 0.6) is 0 Å². The molecule has 0 bridgehead atoms. The minimum absolute atomic E-state index is 0.00357. The average molecular weight is 262 g/mol. The molecule has 1 amide bonds. The van der Waals surface area contributed by atoms with Crippen LogP contribution in [0.2, 0.25) is 0 Å². The maximum Gasteiger partial charge on any atom is 0.269 e. The molecule has 19 heavy (non-hydrogen) atoms. The fourth-order valence-electron chi connectivity index (χ4n) is 2.58. The van der Waals surface area contributed by atoms with Gasteiger partial charge in [-0.2, -0.15) is 0 Å². The van der Waals surface area contributed by atoms with E-state index in [-0.39, 0.29) is 11.6 Å². The quantitative estimate of drug-likeness (QED) is 0.667. The van der Waals surface area contributed by atoms with E-state index in [1.54, 1.807) is 13.0 Å². The van der Waals surface area contributed by atoms with Crippen molar-refractivity contribution in [2.24, 2.45) is 5.92 Å². The molecule has 5 heteroatoms. The Bertz CT molecular complexity index is 493. The van der Waals surface area contributed by atoms with Gasteiger partial charge in [-0.05, 0) is 37.3 Å². The van der Waals surface area contributed by atoms with Crippen LogP contribution in [0.1, 0.15) is 37.7 Å². The van der Waals surface area contributed by atoms with Gasteiger partial charge in [0.2, 0.25) is 5.91 Å². The van der Waals surface area contributed by atoms with Gasteiger partial charge in [0.05, 0.1) is 4.92 Å². The van der Waals surface area contributed by atoms with Crippen LogP contribution in [-0.2, 0) is 4.79 Å². The van der Waals surface area contributed by atoms with E-state index in [0.29, 0.717) is 23.6 Å². The summed E-state index contributed by atoms with van der Waals surface area (Å²) >= 11 is 0. The predicted molar refractivity (Wildman–Crippen MR) is 73.0 cm³/mol. The van der Waals surface area contributed by atoms with Crippen molar-refractivity contribution in [2.75, 3.05) is 5.32 Å². The molecule has 1 aromatic rings. The number of carbonyl (C=O) groups excluding carboxylic acids is 1. The molecule has 0 heterocycles. The third-order valence-corrected chi connectivity index (χ3v) is 3.64. The lowest BCUT2D eigenvalue weighted by Gasteiger charge is -2.11. The summed E-state index contributed by atoms with van der Waals surface area (Å²) in [7, 11) is 0. The predicted octanol–water partition coefficient (Wildman–Crippen LogP) is 3.42. The van der Waals surface area contributed by atoms with Crippen molar-refractivity contribution < 1.29 is 9.72 Å². The lowest BCUT2D eigenvalue weighted by molar-refractivity contribution is -0.384. The SMILES string of the molecule is Cc1cc([N+](=O)[O-])ccc1NC(=O)CC1CCCC1. The van der Waals surface area contributed by atoms with Crippen molar-refractivity contribution in [2.45, 2.75) is 39.0 Å². The molecular formula is C14H18N2O3. The lowest BCUT2D eigenvalue weighted by Crippen LogP contribution is -2.15. The number of amides is 1. The molecule has 0 unspecified atom stereocenters. The van der Waals surface area contributed by atoms with Crippen molar-refractivity contribution >= 4 is 17.3 Å². The zero-order chi connectivity index (χ0) is 13.8. The van der Waals surface area contributed by atoms with Gasteiger partial charge in [0.15, 0.2) is 0 Å². The minimum Gasteiger partial charge on any atom is -0.326 e. The number of benzene rings is 1. The number of non-ortho nitro benzene ring substituents is 1. The highest BCUT2D eigenvalue weighted by Gasteiger charge is 2.19. The number of rotatable bonds is 4. The fourth-order valence-corrected chi connectivity index (χ4v) is 2.58. The Morgan fingerprint density at radius 1 is 1.42 bits per heavy atom. The highest BCUT2D eigenvalue weighted by atomic mass is 16.6. The number of nitrogens with zero attached hydrogens (tertiary/aromatic N) is 1. The first-order valence-electron chi connectivity index (χ1n) is 6.61. The number of aryl methyl sites for hydroxylation is 1. The summed E-state index contributed by atoms with van der Waals surface area (Å²) in [5.74, 6) is 0.502. The lowest BCUT2D eigenvalue weighted by atomic mass is 10.0. The summed E-state index contributed by atoms with van der Waals surface area (Å²) in [6.07, 6.45) is 5.25. The molecule has 0 saturated heterocycles. The number of nitro benzene ring substituents is 1. The Kier molecular flexibility index (Phi) is 4.14. The number of carbonyl (C=O) groups is 1. The van der Waals surface area contributed by atoms with Crippen molar-refractivity contribution in [1.82, 2.24) is 0 Å². The van der Waals surface area contributed by atoms with Crippen LogP contribution in [0, 0.1) is 23.0 Å². The molecule has 1 N–H and O–H groups in total. The smallest absolute Gasteiger partial charge is 0.269 e. The Hall–Kier alpha value is -1.91. The third-order valence-electron chi connectivity index (χ3n) is 3.64. The fraction of sp³-hybridized carbons (Fsp3) is 0.500. The van der Waals surface area contributed by atoms with Gasteiger partial charge in [-0.3, -0.25) is 14.9 Å². The molecule has 0 spiro atoms. The average Bonchev–Trinajstić information content (AvgIpc) is 2.84. The number of nitrogens with one attached hydrogen (secondary N) is 1. The molecular weight excluding hydrogens is 244 g/mol. The van der Waals surface area contributed by atoms with Gasteiger partial charge >= 0.3 is 0 Å². The number of nitro groups is 1. The van der Waals surface area contributed by atoms with Crippen LogP contribution in [0.3, 0.4) is 0 Å². The standard InChI is InChI=1S/C14H18N2O3/c1-10-8-12(16(18)19)6-7-13(10)15-14(17)9-11-4-2-3-5-11/h6-8,11H,2-5,9H2,1H3,(H,15,17). The molecule has 1 fully saturated rings. The Morgan fingerprint density at radius 3 is 2.68 bits per heavy atom. The molecule has 1 aliphatic carbocycles. The van der Waals surface area contributed by atoms with Crippen molar-refractivity contribution in [3.63, 3.8) is 0 Å². The van der Waals surface area contributed by atoms with Crippen LogP contribution < -0.4 is 5.32 Å². The van der Waals surface area contributed by atoms with Gasteiger partial charge in [0.25, 0.3) is 5.69 Å². The van der Waals surface area contributed by atoms with E-state index in [1.165, 1.54) is 25.0 Å². The Labute approximate surface area is 112 Å². The second-order valence-electron chi connectivity index (χ2n) is 5.16. The monoisotopic (exact) mass is 262 g/mol. The molecule has 1 saturated carbocycles. The molecule has 1 aromatic carbocycles. The van der Waals surface area contributed by atoms with Crippen LogP contribution in [0.4, 0.5) is 11.4 Å². The first kappa shape index (κ1) is 13.5. The Morgan fingerprint density at radius 2 is 2.11 bits per heavy atom. The van der Waals surface area contributed by atoms with Gasteiger partial charge in [0.1, 0.15) is 0 Å². The van der Waals surface area contributed by atoms with E-state index in [1.807, 2.05) is 0 Å². The normalized spacial score (nSPS) is 15.4. The molecule has 5 nitrogen and oxygen atoms in total. The van der Waals surface area contributed by atoms with Crippen LogP contribution in [-0.4, -0.2) is 10.8 Å². The van der Waals surface area contributed by atoms with E-state index < -0.39 is 4.92 Å². The maximum absolute atomic E-state index is 11.9. The van der Waals surface area contributed by atoms with Crippen LogP contribution in [0.25, 0.3) is 0 Å². The number of hydrogen-bond acceptors (Lipinski definition) is 3. The third kappa shape index (κ3) is 3.53.